The fourth-order valence-corrected chi connectivity index (χ4v) is 4.21. The van der Waals surface area contributed by atoms with Crippen LogP contribution in [0.4, 0.5) is 0 Å². The molecule has 0 fully saturated rings. The Morgan fingerprint density at radius 2 is 1.77 bits per heavy atom. The van der Waals surface area contributed by atoms with Gasteiger partial charge in [0.25, 0.3) is 0 Å². The predicted octanol–water partition coefficient (Wildman–Crippen LogP) is 4.86. The van der Waals surface area contributed by atoms with E-state index in [1.807, 2.05) is 42.6 Å². The van der Waals surface area contributed by atoms with Gasteiger partial charge in [0.1, 0.15) is 17.9 Å². The highest BCUT2D eigenvalue weighted by Crippen LogP contribution is 2.36. The zero-order valence-electron chi connectivity index (χ0n) is 20.7. The van der Waals surface area contributed by atoms with Crippen LogP contribution in [0.1, 0.15) is 37.2 Å². The number of nitrogens with one attached hydrogen (secondary N) is 1. The first-order chi connectivity index (χ1) is 17.0. The van der Waals surface area contributed by atoms with Crippen molar-refractivity contribution in [1.82, 2.24) is 15.3 Å². The number of para-hydroxylation sites is 1. The summed E-state index contributed by atoms with van der Waals surface area (Å²) in [5, 5.41) is 5.90. The quantitative estimate of drug-likeness (QED) is 0.331. The van der Waals surface area contributed by atoms with E-state index in [9.17, 15) is 4.79 Å². The average Bonchev–Trinajstić information content (AvgIpc) is 2.87. The number of nitrogens with zero attached hydrogens (tertiary/aromatic N) is 2. The topological polar surface area (TPSA) is 82.6 Å². The highest BCUT2D eigenvalue weighted by atomic mass is 16.5. The lowest BCUT2D eigenvalue weighted by Gasteiger charge is -2.15. The molecule has 4 aromatic rings. The van der Waals surface area contributed by atoms with Gasteiger partial charge in [-0.1, -0.05) is 31.5 Å². The van der Waals surface area contributed by atoms with Crippen molar-refractivity contribution in [3.05, 3.63) is 65.6 Å². The smallest absolute Gasteiger partial charge is 0.216 e. The van der Waals surface area contributed by atoms with Crippen molar-refractivity contribution in [3.8, 4) is 17.2 Å². The van der Waals surface area contributed by atoms with Crippen molar-refractivity contribution in [2.24, 2.45) is 0 Å². The molecule has 2 heterocycles. The van der Waals surface area contributed by atoms with Crippen LogP contribution in [0.15, 0.2) is 48.7 Å². The maximum atomic E-state index is 11.1. The van der Waals surface area contributed by atoms with E-state index in [4.69, 9.17) is 24.2 Å². The molecule has 35 heavy (non-hydrogen) atoms. The third-order valence-corrected chi connectivity index (χ3v) is 5.89. The molecular weight excluding hydrogens is 442 g/mol. The average molecular weight is 474 g/mol. The number of fused-ring (bicyclic) bond motifs is 2. The molecule has 0 saturated carbocycles. The van der Waals surface area contributed by atoms with Crippen LogP contribution in [0.5, 0.6) is 17.2 Å². The number of hydrogen-bond donors (Lipinski definition) is 1. The van der Waals surface area contributed by atoms with Gasteiger partial charge in [0, 0.05) is 41.7 Å². The van der Waals surface area contributed by atoms with Gasteiger partial charge in [-0.25, -0.2) is 4.98 Å². The molecule has 7 heteroatoms. The van der Waals surface area contributed by atoms with Crippen molar-refractivity contribution >= 4 is 27.6 Å². The summed E-state index contributed by atoms with van der Waals surface area (Å²) in [6.07, 6.45) is 4.45. The van der Waals surface area contributed by atoms with E-state index in [0.717, 1.165) is 51.5 Å². The second kappa shape index (κ2) is 11.0. The SMILES string of the molecule is CCCc1ncc(Cc2ccc3cccc(OCCNC(C)=O)c3n2)c2cc(OC)c(OC)cc12. The molecule has 0 unspecified atom stereocenters. The highest BCUT2D eigenvalue weighted by molar-refractivity contribution is 5.91. The number of ether oxygens (including phenoxy) is 3. The number of aromatic nitrogens is 2. The number of hydrogen-bond acceptors (Lipinski definition) is 6. The van der Waals surface area contributed by atoms with Crippen molar-refractivity contribution in [2.75, 3.05) is 27.4 Å². The van der Waals surface area contributed by atoms with Crippen molar-refractivity contribution in [2.45, 2.75) is 33.1 Å². The zero-order chi connectivity index (χ0) is 24.8. The van der Waals surface area contributed by atoms with E-state index in [2.05, 4.69) is 18.3 Å². The van der Waals surface area contributed by atoms with Crippen LogP contribution < -0.4 is 19.5 Å². The Bertz CT molecular complexity index is 1350. The number of carbonyl (C=O) groups excluding carboxylic acids is 1. The summed E-state index contributed by atoms with van der Waals surface area (Å²) < 4.78 is 17.1. The Morgan fingerprint density at radius 1 is 1.00 bits per heavy atom. The molecule has 0 atom stereocenters. The van der Waals surface area contributed by atoms with Gasteiger partial charge >= 0.3 is 0 Å². The third kappa shape index (κ3) is 5.45. The Labute approximate surface area is 205 Å². The van der Waals surface area contributed by atoms with Gasteiger partial charge in [0.05, 0.1) is 20.8 Å². The number of amides is 1. The van der Waals surface area contributed by atoms with Crippen LogP contribution in [0.25, 0.3) is 21.7 Å². The summed E-state index contributed by atoms with van der Waals surface area (Å²) in [5.74, 6) is 2.01. The molecule has 0 radical (unpaired) electrons. The number of pyridine rings is 2. The first kappa shape index (κ1) is 24.3. The van der Waals surface area contributed by atoms with Gasteiger partial charge in [0.15, 0.2) is 11.5 Å². The molecule has 1 N–H and O–H groups in total. The number of rotatable bonds is 10. The van der Waals surface area contributed by atoms with Gasteiger partial charge in [0.2, 0.25) is 5.91 Å². The molecule has 7 nitrogen and oxygen atoms in total. The van der Waals surface area contributed by atoms with Crippen LogP contribution >= 0.6 is 0 Å². The van der Waals surface area contributed by atoms with Crippen molar-refractivity contribution in [3.63, 3.8) is 0 Å². The van der Waals surface area contributed by atoms with Gasteiger partial charge in [-0.05, 0) is 41.6 Å². The summed E-state index contributed by atoms with van der Waals surface area (Å²) in [6.45, 7) is 4.46. The third-order valence-electron chi connectivity index (χ3n) is 5.89. The lowest BCUT2D eigenvalue weighted by molar-refractivity contribution is -0.119. The van der Waals surface area contributed by atoms with Gasteiger partial charge in [-0.15, -0.1) is 0 Å². The molecule has 0 spiro atoms. The molecule has 0 aliphatic carbocycles. The summed E-state index contributed by atoms with van der Waals surface area (Å²) >= 11 is 0. The summed E-state index contributed by atoms with van der Waals surface area (Å²) in [6, 6.07) is 14.0. The lowest BCUT2D eigenvalue weighted by Crippen LogP contribution is -2.25. The first-order valence-corrected chi connectivity index (χ1v) is 11.8. The summed E-state index contributed by atoms with van der Waals surface area (Å²) in [5.41, 5.74) is 3.83. The molecule has 0 bridgehead atoms. The molecule has 0 aliphatic rings. The van der Waals surface area contributed by atoms with E-state index in [0.29, 0.717) is 36.8 Å². The number of carbonyl (C=O) groups is 1. The van der Waals surface area contributed by atoms with E-state index in [-0.39, 0.29) is 5.91 Å². The minimum absolute atomic E-state index is 0.0769. The second-order valence-electron chi connectivity index (χ2n) is 8.37. The lowest BCUT2D eigenvalue weighted by atomic mass is 9.99. The Morgan fingerprint density at radius 3 is 2.49 bits per heavy atom. The fourth-order valence-electron chi connectivity index (χ4n) is 4.21. The maximum absolute atomic E-state index is 11.1. The van der Waals surface area contributed by atoms with E-state index < -0.39 is 0 Å². The molecule has 2 aromatic heterocycles. The standard InChI is InChI=1S/C28H31N3O4/c1-5-7-24-23-16-27(34-4)26(33-3)15-22(23)20(17-30-24)14-21-11-10-19-8-6-9-25(28(19)31-21)35-13-12-29-18(2)32/h6,8-11,15-17H,5,7,12-14H2,1-4H3,(H,29,32). The molecule has 0 saturated heterocycles. The predicted molar refractivity (Wildman–Crippen MR) is 138 cm³/mol. The molecule has 4 rings (SSSR count). The van der Waals surface area contributed by atoms with E-state index in [1.165, 1.54) is 6.92 Å². The molecule has 182 valence electrons. The number of methoxy groups -OCH3 is 2. The minimum atomic E-state index is -0.0769. The van der Waals surface area contributed by atoms with Crippen molar-refractivity contribution < 1.29 is 19.0 Å². The Kier molecular flexibility index (Phi) is 7.65. The van der Waals surface area contributed by atoms with Gasteiger partial charge in [-0.3, -0.25) is 9.78 Å². The molecular formula is C28H31N3O4. The van der Waals surface area contributed by atoms with Crippen LogP contribution in [-0.2, 0) is 17.6 Å². The van der Waals surface area contributed by atoms with Crippen molar-refractivity contribution in [1.29, 1.82) is 0 Å². The van der Waals surface area contributed by atoms with Crippen LogP contribution in [0, 0.1) is 0 Å². The Balaban J connectivity index is 1.70. The van der Waals surface area contributed by atoms with Crippen LogP contribution in [-0.4, -0.2) is 43.2 Å². The Hall–Kier alpha value is -3.87. The molecule has 0 aliphatic heterocycles. The number of aryl methyl sites for hydroxylation is 1. The fraction of sp³-hybridized carbons (Fsp3) is 0.321. The van der Waals surface area contributed by atoms with Crippen LogP contribution in [0.3, 0.4) is 0 Å². The van der Waals surface area contributed by atoms with Gasteiger partial charge in [-0.2, -0.15) is 0 Å². The molecule has 2 aromatic carbocycles. The second-order valence-corrected chi connectivity index (χ2v) is 8.37. The van der Waals surface area contributed by atoms with Gasteiger partial charge < -0.3 is 19.5 Å². The zero-order valence-corrected chi connectivity index (χ0v) is 20.7. The maximum Gasteiger partial charge on any atom is 0.216 e. The highest BCUT2D eigenvalue weighted by Gasteiger charge is 2.14. The first-order valence-electron chi connectivity index (χ1n) is 11.8. The monoisotopic (exact) mass is 473 g/mol. The largest absolute Gasteiger partial charge is 0.493 e. The van der Waals surface area contributed by atoms with E-state index >= 15 is 0 Å². The molecule has 1 amide bonds. The summed E-state index contributed by atoms with van der Waals surface area (Å²) in [4.78, 5) is 20.8. The van der Waals surface area contributed by atoms with Crippen LogP contribution in [0.2, 0.25) is 0 Å². The number of benzene rings is 2. The van der Waals surface area contributed by atoms with E-state index in [1.54, 1.807) is 14.2 Å². The minimum Gasteiger partial charge on any atom is -0.493 e. The normalized spacial score (nSPS) is 11.0. The summed E-state index contributed by atoms with van der Waals surface area (Å²) in [7, 11) is 3.30.